The number of aryl methyl sites for hydroxylation is 1. The molecule has 0 spiro atoms. The highest BCUT2D eigenvalue weighted by Crippen LogP contribution is 2.35. The number of hydrogen-bond donors (Lipinski definition) is 0. The molecule has 0 atom stereocenters. The molecule has 0 radical (unpaired) electrons. The van der Waals surface area contributed by atoms with Gasteiger partial charge in [-0.3, -0.25) is 9.13 Å². The third-order valence-corrected chi connectivity index (χ3v) is 7.59. The van der Waals surface area contributed by atoms with Crippen LogP contribution in [-0.2, 0) is 0 Å². The quantitative estimate of drug-likeness (QED) is 0.243. The molecule has 0 bridgehead atoms. The molecule has 0 amide bonds. The van der Waals surface area contributed by atoms with E-state index in [1.807, 2.05) is 0 Å². The Hall–Kier alpha value is -5.22. The highest BCUT2D eigenvalue weighted by atomic mass is 15.1. The Bertz CT molecular complexity index is 1960. The van der Waals surface area contributed by atoms with Gasteiger partial charge in [-0.15, -0.1) is 0 Å². The van der Waals surface area contributed by atoms with Crippen LogP contribution in [0.5, 0.6) is 0 Å². The van der Waals surface area contributed by atoms with Gasteiger partial charge in [0.1, 0.15) is 11.6 Å². The first-order chi connectivity index (χ1) is 19.3. The van der Waals surface area contributed by atoms with Gasteiger partial charge < -0.3 is 0 Å². The molecule has 0 fully saturated rings. The third kappa shape index (κ3) is 3.32. The lowest BCUT2D eigenvalue weighted by molar-refractivity contribution is 0.994. The Morgan fingerprint density at radius 1 is 0.436 bits per heavy atom. The van der Waals surface area contributed by atoms with E-state index in [4.69, 9.17) is 9.97 Å². The lowest BCUT2D eigenvalue weighted by Gasteiger charge is -2.14. The average molecular weight is 501 g/mol. The Morgan fingerprint density at radius 3 is 1.26 bits per heavy atom. The van der Waals surface area contributed by atoms with E-state index in [1.165, 1.54) is 27.1 Å². The smallest absolute Gasteiger partial charge is 0.163 e. The molecule has 0 aliphatic rings. The molecule has 0 aliphatic heterocycles. The zero-order valence-electron chi connectivity index (χ0n) is 21.4. The predicted molar refractivity (Wildman–Crippen MR) is 161 cm³/mol. The molecule has 0 aliphatic carbocycles. The second-order valence-electron chi connectivity index (χ2n) is 10.0. The maximum Gasteiger partial charge on any atom is 0.163 e. The summed E-state index contributed by atoms with van der Waals surface area (Å²) in [5.41, 5.74) is 6.68. The number of para-hydroxylation sites is 4. The molecule has 8 aromatic rings. The normalized spacial score (nSPS) is 11.7. The number of nitrogens with zero attached hydrogens (tertiary/aromatic N) is 4. The fourth-order valence-corrected chi connectivity index (χ4v) is 5.90. The topological polar surface area (TPSA) is 35.6 Å². The van der Waals surface area contributed by atoms with E-state index in [0.717, 1.165) is 39.3 Å². The van der Waals surface area contributed by atoms with E-state index in [-0.39, 0.29) is 0 Å². The zero-order chi connectivity index (χ0) is 25.9. The van der Waals surface area contributed by atoms with Crippen LogP contribution in [0.3, 0.4) is 0 Å². The van der Waals surface area contributed by atoms with Crippen molar-refractivity contribution in [1.29, 1.82) is 0 Å². The minimum Gasteiger partial charge on any atom is -0.294 e. The second-order valence-corrected chi connectivity index (χ2v) is 10.0. The predicted octanol–water partition coefficient (Wildman–Crippen LogP) is 8.65. The summed E-state index contributed by atoms with van der Waals surface area (Å²) >= 11 is 0. The van der Waals surface area contributed by atoms with Gasteiger partial charge in [0.25, 0.3) is 0 Å². The Balaban J connectivity index is 1.51. The van der Waals surface area contributed by atoms with Crippen molar-refractivity contribution in [2.24, 2.45) is 0 Å². The first-order valence-electron chi connectivity index (χ1n) is 13.2. The summed E-state index contributed by atoms with van der Waals surface area (Å²) in [6.45, 7) is 2.11. The number of rotatable bonds is 3. The molecule has 3 aromatic heterocycles. The molecular weight excluding hydrogens is 476 g/mol. The van der Waals surface area contributed by atoms with Gasteiger partial charge in [0.05, 0.1) is 22.1 Å². The third-order valence-electron chi connectivity index (χ3n) is 7.59. The summed E-state index contributed by atoms with van der Waals surface area (Å²) in [7, 11) is 0. The Morgan fingerprint density at radius 2 is 0.846 bits per heavy atom. The Kier molecular flexibility index (Phi) is 4.70. The lowest BCUT2D eigenvalue weighted by atomic mass is 10.1. The summed E-state index contributed by atoms with van der Waals surface area (Å²) in [4.78, 5) is 10.4. The SMILES string of the molecule is Cc1cccc(-c2nc(-n3c4ccccc4c4ccccc43)cc(-n3c4ccccc4c4ccccc43)n2)c1. The van der Waals surface area contributed by atoms with E-state index in [2.05, 4.69) is 143 Å². The summed E-state index contributed by atoms with van der Waals surface area (Å²) in [5.74, 6) is 2.39. The van der Waals surface area contributed by atoms with Crippen LogP contribution in [0.2, 0.25) is 0 Å². The van der Waals surface area contributed by atoms with Crippen molar-refractivity contribution in [3.63, 3.8) is 0 Å². The molecule has 4 nitrogen and oxygen atoms in total. The van der Waals surface area contributed by atoms with Crippen LogP contribution in [0.1, 0.15) is 5.56 Å². The van der Waals surface area contributed by atoms with Crippen molar-refractivity contribution in [2.45, 2.75) is 6.92 Å². The number of hydrogen-bond acceptors (Lipinski definition) is 2. The van der Waals surface area contributed by atoms with Gasteiger partial charge in [-0.1, -0.05) is 96.6 Å². The van der Waals surface area contributed by atoms with Gasteiger partial charge in [0.2, 0.25) is 0 Å². The van der Waals surface area contributed by atoms with Crippen LogP contribution in [0, 0.1) is 6.92 Å². The fraction of sp³-hybridized carbons (Fsp3) is 0.0286. The van der Waals surface area contributed by atoms with Crippen molar-refractivity contribution < 1.29 is 0 Å². The van der Waals surface area contributed by atoms with Gasteiger partial charge in [-0.25, -0.2) is 9.97 Å². The average Bonchev–Trinajstić information content (AvgIpc) is 3.50. The van der Waals surface area contributed by atoms with E-state index in [1.54, 1.807) is 0 Å². The molecule has 184 valence electrons. The van der Waals surface area contributed by atoms with Crippen LogP contribution < -0.4 is 0 Å². The summed E-state index contributed by atoms with van der Waals surface area (Å²) in [6, 6.07) is 44.7. The van der Waals surface area contributed by atoms with Crippen LogP contribution in [-0.4, -0.2) is 19.1 Å². The molecule has 3 heterocycles. The highest BCUT2D eigenvalue weighted by molar-refractivity contribution is 6.10. The van der Waals surface area contributed by atoms with Gasteiger partial charge in [0.15, 0.2) is 5.82 Å². The van der Waals surface area contributed by atoms with E-state index in [0.29, 0.717) is 5.82 Å². The fourth-order valence-electron chi connectivity index (χ4n) is 5.90. The highest BCUT2D eigenvalue weighted by Gasteiger charge is 2.18. The van der Waals surface area contributed by atoms with Gasteiger partial charge in [-0.05, 0) is 37.3 Å². The molecule has 5 aromatic carbocycles. The lowest BCUT2D eigenvalue weighted by Crippen LogP contribution is -2.06. The molecular formula is C35H24N4. The molecule has 0 saturated carbocycles. The van der Waals surface area contributed by atoms with E-state index < -0.39 is 0 Å². The number of aromatic nitrogens is 4. The number of fused-ring (bicyclic) bond motifs is 6. The Labute approximate surface area is 225 Å². The van der Waals surface area contributed by atoms with Crippen LogP contribution in [0.25, 0.3) is 66.6 Å². The number of benzene rings is 5. The van der Waals surface area contributed by atoms with Gasteiger partial charge in [-0.2, -0.15) is 0 Å². The summed E-state index contributed by atoms with van der Waals surface area (Å²) in [5, 5.41) is 4.84. The molecule has 0 N–H and O–H groups in total. The summed E-state index contributed by atoms with van der Waals surface area (Å²) in [6.07, 6.45) is 0. The first-order valence-corrected chi connectivity index (χ1v) is 13.2. The maximum atomic E-state index is 5.20. The molecule has 0 saturated heterocycles. The maximum absolute atomic E-state index is 5.20. The van der Waals surface area contributed by atoms with Gasteiger partial charge in [0, 0.05) is 33.2 Å². The standard InChI is InChI=1S/C35H24N4/c1-23-11-10-12-24(21-23)35-36-33(38-29-17-6-2-13-25(29)26-14-3-7-18-30(26)38)22-34(37-35)39-31-19-8-4-15-27(31)28-16-5-9-20-32(28)39/h2-22H,1H3. The van der Waals surface area contributed by atoms with Crippen molar-refractivity contribution >= 4 is 43.6 Å². The van der Waals surface area contributed by atoms with Crippen LogP contribution in [0.15, 0.2) is 127 Å². The minimum atomic E-state index is 0.704. The molecule has 39 heavy (non-hydrogen) atoms. The molecule has 4 heteroatoms. The van der Waals surface area contributed by atoms with Crippen molar-refractivity contribution in [2.75, 3.05) is 0 Å². The largest absolute Gasteiger partial charge is 0.294 e. The van der Waals surface area contributed by atoms with Gasteiger partial charge >= 0.3 is 0 Å². The van der Waals surface area contributed by atoms with E-state index >= 15 is 0 Å². The van der Waals surface area contributed by atoms with E-state index in [9.17, 15) is 0 Å². The van der Waals surface area contributed by atoms with Crippen LogP contribution in [0.4, 0.5) is 0 Å². The summed E-state index contributed by atoms with van der Waals surface area (Å²) < 4.78 is 4.53. The second kappa shape index (κ2) is 8.40. The van der Waals surface area contributed by atoms with Crippen molar-refractivity contribution in [3.05, 3.63) is 133 Å². The van der Waals surface area contributed by atoms with Crippen molar-refractivity contribution in [3.8, 4) is 23.0 Å². The first kappa shape index (κ1) is 21.8. The molecule has 8 rings (SSSR count). The monoisotopic (exact) mass is 500 g/mol. The van der Waals surface area contributed by atoms with Crippen LogP contribution >= 0.6 is 0 Å². The minimum absolute atomic E-state index is 0.704. The molecule has 0 unspecified atom stereocenters. The zero-order valence-corrected chi connectivity index (χ0v) is 21.4. The van der Waals surface area contributed by atoms with Crippen molar-refractivity contribution in [1.82, 2.24) is 19.1 Å².